The van der Waals surface area contributed by atoms with Crippen LogP contribution in [0.1, 0.15) is 13.3 Å². The van der Waals surface area contributed by atoms with Crippen molar-refractivity contribution in [2.24, 2.45) is 0 Å². The fraction of sp³-hybridized carbons (Fsp3) is 0.300. The Morgan fingerprint density at radius 1 is 1.64 bits per heavy atom. The first-order valence-electron chi connectivity index (χ1n) is 3.75. The highest BCUT2D eigenvalue weighted by Crippen LogP contribution is 2.36. The van der Waals surface area contributed by atoms with E-state index in [-0.39, 0.29) is 4.75 Å². The fourth-order valence-electron chi connectivity index (χ4n) is 1.42. The topological polar surface area (TPSA) is 0 Å². The largest absolute Gasteiger partial charge is 0.163 e. The normalized spacial score (nSPS) is 33.3. The molecule has 1 atom stereocenters. The van der Waals surface area contributed by atoms with Gasteiger partial charge in [-0.3, -0.25) is 0 Å². The van der Waals surface area contributed by atoms with Gasteiger partial charge in [0.25, 0.3) is 0 Å². The molecule has 0 spiro atoms. The van der Waals surface area contributed by atoms with Crippen molar-refractivity contribution in [1.29, 1.82) is 0 Å². The summed E-state index contributed by atoms with van der Waals surface area (Å²) in [5, 5.41) is 0. The van der Waals surface area contributed by atoms with E-state index in [0.29, 0.717) is 0 Å². The van der Waals surface area contributed by atoms with Crippen LogP contribution in [-0.2, 0) is 0 Å². The predicted octanol–water partition coefficient (Wildman–Crippen LogP) is 2.66. The number of allylic oxidation sites excluding steroid dienone is 3. The van der Waals surface area contributed by atoms with E-state index in [9.17, 15) is 0 Å². The molecule has 2 rings (SSSR count). The summed E-state index contributed by atoms with van der Waals surface area (Å²) in [6, 6.07) is 0. The van der Waals surface area contributed by atoms with Crippen molar-refractivity contribution in [1.82, 2.24) is 0 Å². The molecular formula is C10H10S. The zero-order valence-electron chi connectivity index (χ0n) is 6.46. The molecule has 0 nitrogen and oxygen atoms in total. The number of fused-ring (bicyclic) bond motifs is 2. The minimum absolute atomic E-state index is 0.0520. The summed E-state index contributed by atoms with van der Waals surface area (Å²) >= 11 is 4.54. The van der Waals surface area contributed by atoms with E-state index < -0.39 is 0 Å². The Balaban J connectivity index is 2.50. The molecule has 0 saturated carbocycles. The van der Waals surface area contributed by atoms with Gasteiger partial charge in [0.05, 0.1) is 4.75 Å². The first kappa shape index (κ1) is 7.02. The first-order chi connectivity index (χ1) is 5.20. The number of thiol groups is 1. The van der Waals surface area contributed by atoms with E-state index in [2.05, 4.69) is 43.5 Å². The Morgan fingerprint density at radius 3 is 3.27 bits per heavy atom. The first-order valence-corrected chi connectivity index (χ1v) is 4.20. The van der Waals surface area contributed by atoms with Gasteiger partial charge < -0.3 is 0 Å². The summed E-state index contributed by atoms with van der Waals surface area (Å²) in [4.78, 5) is 0. The van der Waals surface area contributed by atoms with Gasteiger partial charge >= 0.3 is 0 Å². The lowest BCUT2D eigenvalue weighted by Crippen LogP contribution is -2.10. The summed E-state index contributed by atoms with van der Waals surface area (Å²) in [5.41, 5.74) is 5.85. The molecule has 2 aliphatic carbocycles. The molecular weight excluding hydrogens is 152 g/mol. The zero-order valence-corrected chi connectivity index (χ0v) is 7.36. The molecule has 0 heterocycles. The average molecular weight is 162 g/mol. The van der Waals surface area contributed by atoms with E-state index in [1.807, 2.05) is 6.08 Å². The molecule has 2 bridgehead atoms. The lowest BCUT2D eigenvalue weighted by molar-refractivity contribution is 0.901. The van der Waals surface area contributed by atoms with Crippen molar-refractivity contribution in [3.8, 4) is 0 Å². The van der Waals surface area contributed by atoms with Gasteiger partial charge in [0, 0.05) is 6.42 Å². The standard InChI is InChI=1S/C10H10S/c1-8-3-2-5-10(11)6-4-9(8)7-10/h2-3,5-6,11H,7H2,1H3. The molecule has 0 radical (unpaired) electrons. The van der Waals surface area contributed by atoms with Crippen molar-refractivity contribution in [2.75, 3.05) is 0 Å². The summed E-state index contributed by atoms with van der Waals surface area (Å²) in [6.07, 6.45) is 9.35. The Labute approximate surface area is 72.4 Å². The average Bonchev–Trinajstić information content (AvgIpc) is 2.25. The van der Waals surface area contributed by atoms with Crippen LogP contribution < -0.4 is 0 Å². The molecule has 56 valence electrons. The van der Waals surface area contributed by atoms with Gasteiger partial charge in [0.1, 0.15) is 0 Å². The smallest absolute Gasteiger partial charge is 0.0611 e. The maximum absolute atomic E-state index is 4.54. The van der Waals surface area contributed by atoms with Crippen LogP contribution in [-0.4, -0.2) is 4.75 Å². The minimum atomic E-state index is -0.0520. The molecule has 0 aromatic rings. The summed E-state index contributed by atoms with van der Waals surface area (Å²) in [6.45, 7) is 2.12. The quantitative estimate of drug-likeness (QED) is 0.411. The van der Waals surface area contributed by atoms with Gasteiger partial charge in [0.15, 0.2) is 0 Å². The van der Waals surface area contributed by atoms with Gasteiger partial charge in [-0.2, -0.15) is 12.6 Å². The van der Waals surface area contributed by atoms with E-state index in [1.165, 1.54) is 11.1 Å². The van der Waals surface area contributed by atoms with Gasteiger partial charge in [-0.1, -0.05) is 18.2 Å². The third kappa shape index (κ3) is 1.11. The molecule has 1 unspecified atom stereocenters. The Kier molecular flexibility index (Phi) is 1.38. The molecule has 0 saturated heterocycles. The van der Waals surface area contributed by atoms with Crippen LogP contribution in [0.2, 0.25) is 0 Å². The number of hydrogen-bond acceptors (Lipinski definition) is 1. The molecule has 1 heteroatoms. The van der Waals surface area contributed by atoms with Crippen LogP contribution >= 0.6 is 12.6 Å². The minimum Gasteiger partial charge on any atom is -0.163 e. The van der Waals surface area contributed by atoms with Crippen molar-refractivity contribution in [3.63, 3.8) is 0 Å². The van der Waals surface area contributed by atoms with Crippen LogP contribution in [0.4, 0.5) is 0 Å². The highest BCUT2D eigenvalue weighted by molar-refractivity contribution is 7.82. The van der Waals surface area contributed by atoms with E-state index in [0.717, 1.165) is 6.42 Å². The molecule has 0 aliphatic heterocycles. The summed E-state index contributed by atoms with van der Waals surface area (Å²) in [7, 11) is 0. The third-order valence-electron chi connectivity index (χ3n) is 2.16. The van der Waals surface area contributed by atoms with Crippen LogP contribution in [0.3, 0.4) is 0 Å². The second-order valence-electron chi connectivity index (χ2n) is 3.14. The zero-order chi connectivity index (χ0) is 7.90. The van der Waals surface area contributed by atoms with Crippen LogP contribution in [0.5, 0.6) is 0 Å². The van der Waals surface area contributed by atoms with Gasteiger partial charge in [-0.25, -0.2) is 0 Å². The molecule has 0 fully saturated rings. The maximum Gasteiger partial charge on any atom is 0.0611 e. The van der Waals surface area contributed by atoms with Crippen molar-refractivity contribution >= 4 is 12.6 Å². The van der Waals surface area contributed by atoms with Gasteiger partial charge in [-0.05, 0) is 24.1 Å². The summed E-state index contributed by atoms with van der Waals surface area (Å²) < 4.78 is -0.0520. The number of rotatable bonds is 0. The maximum atomic E-state index is 4.54. The third-order valence-corrected chi connectivity index (χ3v) is 2.60. The van der Waals surface area contributed by atoms with Crippen LogP contribution in [0, 0.1) is 0 Å². The van der Waals surface area contributed by atoms with Crippen LogP contribution in [0.25, 0.3) is 0 Å². The fourth-order valence-corrected chi connectivity index (χ4v) is 1.73. The van der Waals surface area contributed by atoms with Gasteiger partial charge in [-0.15, -0.1) is 5.73 Å². The predicted molar refractivity (Wildman–Crippen MR) is 50.8 cm³/mol. The second-order valence-corrected chi connectivity index (χ2v) is 3.98. The van der Waals surface area contributed by atoms with Crippen LogP contribution in [0.15, 0.2) is 41.2 Å². The van der Waals surface area contributed by atoms with E-state index >= 15 is 0 Å². The van der Waals surface area contributed by atoms with Crippen molar-refractivity contribution < 1.29 is 0 Å². The Morgan fingerprint density at radius 2 is 2.45 bits per heavy atom. The van der Waals surface area contributed by atoms with E-state index in [1.54, 1.807) is 0 Å². The van der Waals surface area contributed by atoms with Crippen molar-refractivity contribution in [2.45, 2.75) is 18.1 Å². The Bertz CT molecular complexity index is 314. The molecule has 0 aromatic carbocycles. The molecule has 0 aromatic heterocycles. The second kappa shape index (κ2) is 2.17. The molecule has 0 N–H and O–H groups in total. The molecule has 11 heavy (non-hydrogen) atoms. The van der Waals surface area contributed by atoms with Gasteiger partial charge in [0.2, 0.25) is 0 Å². The SMILES string of the molecule is CC1=CC=CC2(S)C=C=C1C2. The lowest BCUT2D eigenvalue weighted by Gasteiger charge is -2.14. The monoisotopic (exact) mass is 162 g/mol. The lowest BCUT2D eigenvalue weighted by atomic mass is 10.0. The van der Waals surface area contributed by atoms with E-state index in [4.69, 9.17) is 0 Å². The Hall–Kier alpha value is -0.650. The molecule has 0 amide bonds. The highest BCUT2D eigenvalue weighted by Gasteiger charge is 2.26. The highest BCUT2D eigenvalue weighted by atomic mass is 32.1. The van der Waals surface area contributed by atoms with Crippen molar-refractivity contribution in [3.05, 3.63) is 41.2 Å². The summed E-state index contributed by atoms with van der Waals surface area (Å²) in [5.74, 6) is 0. The molecule has 2 aliphatic rings. The number of hydrogen-bond donors (Lipinski definition) is 1.